The fraction of sp³-hybridized carbons (Fsp3) is 0.0833. The number of nitrogens with zero attached hydrogens (tertiary/aromatic N) is 2. The van der Waals surface area contributed by atoms with Crippen molar-refractivity contribution < 1.29 is 13.0 Å². The van der Waals surface area contributed by atoms with Crippen molar-refractivity contribution in [2.45, 2.75) is 4.90 Å². The van der Waals surface area contributed by atoms with E-state index in [2.05, 4.69) is 15.0 Å². The second-order valence-corrected chi connectivity index (χ2v) is 6.02. The lowest BCUT2D eigenvalue weighted by Gasteiger charge is -1.98. The third kappa shape index (κ3) is 2.23. The topological polar surface area (TPSA) is 138 Å². The Balaban J connectivity index is 2.17. The number of benzene rings is 1. The van der Waals surface area contributed by atoms with Crippen molar-refractivity contribution in [2.75, 3.05) is 0 Å². The summed E-state index contributed by atoms with van der Waals surface area (Å²) in [7, 11) is -2.94. The molecule has 0 atom stereocenters. The Labute approximate surface area is 123 Å². The van der Waals surface area contributed by atoms with E-state index in [1.54, 1.807) is 0 Å². The second-order valence-electron chi connectivity index (χ2n) is 4.60. The lowest BCUT2D eigenvalue weighted by molar-refractivity contribution is 0.483. The number of nitrogens with one attached hydrogen (secondary N) is 2. The van der Waals surface area contributed by atoms with E-state index in [1.165, 1.54) is 31.3 Å². The molecular weight excluding hydrogens is 312 g/mol. The van der Waals surface area contributed by atoms with Gasteiger partial charge in [-0.3, -0.25) is 18.9 Å². The molecule has 0 amide bonds. The highest BCUT2D eigenvalue weighted by atomic mass is 32.2. The van der Waals surface area contributed by atoms with E-state index in [9.17, 15) is 18.0 Å². The van der Waals surface area contributed by atoms with Crippen LogP contribution in [0.5, 0.6) is 0 Å². The van der Waals surface area contributed by atoms with E-state index in [0.29, 0.717) is 5.56 Å². The van der Waals surface area contributed by atoms with Gasteiger partial charge in [-0.1, -0.05) is 0 Å². The highest BCUT2D eigenvalue weighted by Crippen LogP contribution is 2.19. The molecule has 0 bridgehead atoms. The number of fused-ring (bicyclic) bond motifs is 1. The number of H-pyrrole nitrogens is 2. The number of hydrogen-bond donors (Lipinski definition) is 3. The zero-order valence-electron chi connectivity index (χ0n) is 11.2. The van der Waals surface area contributed by atoms with Crippen LogP contribution in [0.25, 0.3) is 22.6 Å². The molecular formula is C12H10N4O5S. The molecule has 10 heteroatoms. The molecule has 2 aromatic heterocycles. The van der Waals surface area contributed by atoms with Gasteiger partial charge in [0.1, 0.15) is 11.3 Å². The maximum absolute atomic E-state index is 11.9. The van der Waals surface area contributed by atoms with Gasteiger partial charge in [0.25, 0.3) is 15.7 Å². The number of rotatable bonds is 2. The van der Waals surface area contributed by atoms with Crippen molar-refractivity contribution in [3.8, 4) is 11.4 Å². The van der Waals surface area contributed by atoms with Gasteiger partial charge in [0.2, 0.25) is 0 Å². The van der Waals surface area contributed by atoms with Crippen molar-refractivity contribution >= 4 is 21.3 Å². The molecule has 1 aromatic carbocycles. The summed E-state index contributed by atoms with van der Waals surface area (Å²) in [6.45, 7) is 0. The predicted octanol–water partition coefficient (Wildman–Crippen LogP) is -0.136. The van der Waals surface area contributed by atoms with Crippen molar-refractivity contribution in [3.63, 3.8) is 0 Å². The monoisotopic (exact) mass is 322 g/mol. The van der Waals surface area contributed by atoms with E-state index in [0.717, 1.165) is 4.57 Å². The zero-order chi connectivity index (χ0) is 16.1. The Kier molecular flexibility index (Phi) is 3.00. The SMILES string of the molecule is Cn1c(=O)[nH]c2nc(-c3ccc(S(=O)(=O)O)cc3)[nH]c2c1=O. The molecule has 0 unspecified atom stereocenters. The van der Waals surface area contributed by atoms with Gasteiger partial charge in [0.05, 0.1) is 4.90 Å². The molecule has 3 N–H and O–H groups in total. The first kappa shape index (κ1) is 14.2. The van der Waals surface area contributed by atoms with Crippen LogP contribution in [0.1, 0.15) is 0 Å². The minimum atomic E-state index is -4.28. The van der Waals surface area contributed by atoms with Gasteiger partial charge in [-0.15, -0.1) is 0 Å². The summed E-state index contributed by atoms with van der Waals surface area (Å²) in [5.41, 5.74) is -0.367. The van der Waals surface area contributed by atoms with E-state index in [1.807, 2.05) is 0 Å². The summed E-state index contributed by atoms with van der Waals surface area (Å²) >= 11 is 0. The quantitative estimate of drug-likeness (QED) is 0.562. The summed E-state index contributed by atoms with van der Waals surface area (Å²) in [6.07, 6.45) is 0. The summed E-state index contributed by atoms with van der Waals surface area (Å²) in [4.78, 5) is 32.5. The number of aromatic amines is 2. The molecule has 3 aromatic rings. The van der Waals surface area contributed by atoms with Crippen molar-refractivity contribution in [2.24, 2.45) is 7.05 Å². The molecule has 0 saturated heterocycles. The van der Waals surface area contributed by atoms with Crippen LogP contribution in [0.3, 0.4) is 0 Å². The second kappa shape index (κ2) is 4.64. The molecule has 0 saturated carbocycles. The number of aromatic nitrogens is 4. The highest BCUT2D eigenvalue weighted by molar-refractivity contribution is 7.85. The molecule has 0 aliphatic heterocycles. The van der Waals surface area contributed by atoms with Crippen molar-refractivity contribution in [3.05, 3.63) is 45.1 Å². The smallest absolute Gasteiger partial charge is 0.329 e. The van der Waals surface area contributed by atoms with Crippen LogP contribution in [0.4, 0.5) is 0 Å². The lowest BCUT2D eigenvalue weighted by atomic mass is 10.2. The van der Waals surface area contributed by atoms with Gasteiger partial charge in [-0.2, -0.15) is 8.42 Å². The summed E-state index contributed by atoms with van der Waals surface area (Å²) < 4.78 is 31.8. The molecule has 114 valence electrons. The molecule has 0 aliphatic rings. The van der Waals surface area contributed by atoms with Gasteiger partial charge in [-0.05, 0) is 24.3 Å². The van der Waals surface area contributed by atoms with Crippen LogP contribution in [-0.4, -0.2) is 32.5 Å². The molecule has 0 fully saturated rings. The van der Waals surface area contributed by atoms with Gasteiger partial charge >= 0.3 is 5.69 Å². The molecule has 9 nitrogen and oxygen atoms in total. The summed E-state index contributed by atoms with van der Waals surface area (Å²) in [5.74, 6) is 0.288. The predicted molar refractivity (Wildman–Crippen MR) is 77.2 cm³/mol. The Bertz CT molecular complexity index is 1090. The van der Waals surface area contributed by atoms with E-state index < -0.39 is 21.4 Å². The minimum absolute atomic E-state index is 0.113. The standard InChI is InChI=1S/C12H10N4O5S/c1-16-11(17)8-10(15-12(16)18)14-9(13-8)6-2-4-7(5-3-6)22(19,20)21/h2-5H,1H3,(H,13,14)(H,15,18)(H,19,20,21). The highest BCUT2D eigenvalue weighted by Gasteiger charge is 2.13. The van der Waals surface area contributed by atoms with E-state index >= 15 is 0 Å². The Morgan fingerprint density at radius 3 is 2.36 bits per heavy atom. The number of imidazole rings is 1. The molecule has 0 radical (unpaired) electrons. The fourth-order valence-electron chi connectivity index (χ4n) is 1.99. The molecule has 22 heavy (non-hydrogen) atoms. The van der Waals surface area contributed by atoms with E-state index in [4.69, 9.17) is 4.55 Å². The first-order chi connectivity index (χ1) is 10.3. The summed E-state index contributed by atoms with van der Waals surface area (Å²) in [6, 6.07) is 5.25. The first-order valence-electron chi connectivity index (χ1n) is 6.04. The maximum Gasteiger partial charge on any atom is 0.329 e. The van der Waals surface area contributed by atoms with Crippen LogP contribution in [-0.2, 0) is 17.2 Å². The average Bonchev–Trinajstić information content (AvgIpc) is 2.88. The molecule has 0 spiro atoms. The molecule has 2 heterocycles. The van der Waals surface area contributed by atoms with Gasteiger partial charge < -0.3 is 4.98 Å². The lowest BCUT2D eigenvalue weighted by Crippen LogP contribution is -2.32. The largest absolute Gasteiger partial charge is 0.332 e. The Hall–Kier alpha value is -2.72. The van der Waals surface area contributed by atoms with Crippen LogP contribution in [0, 0.1) is 0 Å². The third-order valence-electron chi connectivity index (χ3n) is 3.18. The van der Waals surface area contributed by atoms with E-state index in [-0.39, 0.29) is 21.9 Å². The zero-order valence-corrected chi connectivity index (χ0v) is 12.0. The van der Waals surface area contributed by atoms with Crippen molar-refractivity contribution in [1.82, 2.24) is 19.5 Å². The van der Waals surface area contributed by atoms with Crippen LogP contribution in [0.15, 0.2) is 38.8 Å². The first-order valence-corrected chi connectivity index (χ1v) is 7.48. The van der Waals surface area contributed by atoms with Gasteiger partial charge in [-0.25, -0.2) is 9.78 Å². The number of hydrogen-bond acceptors (Lipinski definition) is 5. The van der Waals surface area contributed by atoms with Crippen molar-refractivity contribution in [1.29, 1.82) is 0 Å². The summed E-state index contributed by atoms with van der Waals surface area (Å²) in [5, 5.41) is 0. The Morgan fingerprint density at radius 2 is 1.77 bits per heavy atom. The maximum atomic E-state index is 11.9. The normalized spacial score (nSPS) is 11.9. The van der Waals surface area contributed by atoms with Crippen LogP contribution < -0.4 is 11.2 Å². The van der Waals surface area contributed by atoms with Gasteiger partial charge in [0, 0.05) is 12.6 Å². The van der Waals surface area contributed by atoms with Gasteiger partial charge in [0.15, 0.2) is 5.65 Å². The van der Waals surface area contributed by atoms with Crippen LogP contribution >= 0.6 is 0 Å². The molecule has 0 aliphatic carbocycles. The minimum Gasteiger partial charge on any atom is -0.332 e. The molecule has 3 rings (SSSR count). The average molecular weight is 322 g/mol. The fourth-order valence-corrected chi connectivity index (χ4v) is 2.47. The van der Waals surface area contributed by atoms with Crippen LogP contribution in [0.2, 0.25) is 0 Å². The third-order valence-corrected chi connectivity index (χ3v) is 4.05. The Morgan fingerprint density at radius 1 is 1.14 bits per heavy atom.